The number of methoxy groups -OCH3 is 1. The summed E-state index contributed by atoms with van der Waals surface area (Å²) in [6, 6.07) is 7.17. The van der Waals surface area contributed by atoms with E-state index in [1.165, 1.54) is 29.9 Å². The number of aliphatic hydroxyl groups excluding tert-OH is 1. The number of hydrogen-bond donors (Lipinski definition) is 1. The van der Waals surface area contributed by atoms with E-state index in [0.717, 1.165) is 12.3 Å². The maximum Gasteiger partial charge on any atom is 0.161 e. The maximum atomic E-state index is 10.2. The van der Waals surface area contributed by atoms with Crippen molar-refractivity contribution in [2.24, 2.45) is 0 Å². The van der Waals surface area contributed by atoms with Crippen molar-refractivity contribution in [3.63, 3.8) is 0 Å². The Hall–Kier alpha value is -0.950. The Morgan fingerprint density at radius 3 is 2.52 bits per heavy atom. The average Bonchev–Trinajstić information content (AvgIpc) is 2.67. The summed E-state index contributed by atoms with van der Waals surface area (Å²) in [7, 11) is 5.88. The van der Waals surface area contributed by atoms with E-state index in [-0.39, 0.29) is 6.61 Å². The van der Waals surface area contributed by atoms with E-state index >= 15 is 0 Å². The predicted octanol–water partition coefficient (Wildman–Crippen LogP) is 3.10. The van der Waals surface area contributed by atoms with Gasteiger partial charge in [-0.3, -0.25) is 4.90 Å². The molecule has 0 amide bonds. The van der Waals surface area contributed by atoms with Crippen LogP contribution in [0.4, 0.5) is 0 Å². The third-order valence-electron chi connectivity index (χ3n) is 5.29. The van der Waals surface area contributed by atoms with Crippen LogP contribution in [0.5, 0.6) is 11.5 Å². The summed E-state index contributed by atoms with van der Waals surface area (Å²) < 4.78 is 11.4. The van der Waals surface area contributed by atoms with Crippen LogP contribution in [0, 0.1) is 0 Å². The number of benzene rings is 1. The van der Waals surface area contributed by atoms with Gasteiger partial charge in [0.25, 0.3) is 0 Å². The van der Waals surface area contributed by atoms with Gasteiger partial charge in [0.15, 0.2) is 11.5 Å². The van der Waals surface area contributed by atoms with Crippen molar-refractivity contribution in [1.82, 2.24) is 9.80 Å². The molecule has 0 aliphatic carbocycles. The summed E-state index contributed by atoms with van der Waals surface area (Å²) in [5, 5.41) is 10.2. The lowest BCUT2D eigenvalue weighted by Gasteiger charge is -2.31. The Kier molecular flexibility index (Phi) is 9.22. The van der Waals surface area contributed by atoms with E-state index in [1.54, 1.807) is 7.11 Å². The van der Waals surface area contributed by atoms with Crippen LogP contribution in [-0.4, -0.2) is 79.0 Å². The average molecular weight is 397 g/mol. The normalized spacial score (nSPS) is 16.9. The molecule has 0 saturated carbocycles. The first-order valence-corrected chi connectivity index (χ1v) is 11.0. The molecule has 0 unspecified atom stereocenters. The Labute approximate surface area is 169 Å². The molecular weight excluding hydrogens is 360 g/mol. The molecule has 2 rings (SSSR count). The zero-order valence-electron chi connectivity index (χ0n) is 17.5. The number of ether oxygens (including phenoxy) is 2. The smallest absolute Gasteiger partial charge is 0.161 e. The highest BCUT2D eigenvalue weighted by Gasteiger charge is 2.19. The minimum Gasteiger partial charge on any atom is -0.493 e. The fraction of sp³-hybridized carbons (Fsp3) is 0.714. The van der Waals surface area contributed by atoms with Gasteiger partial charge in [-0.05, 0) is 70.0 Å². The molecule has 5 nitrogen and oxygen atoms in total. The molecule has 1 aliphatic rings. The summed E-state index contributed by atoms with van der Waals surface area (Å²) in [5.41, 5.74) is 1.22. The van der Waals surface area contributed by atoms with Crippen LogP contribution >= 0.6 is 11.8 Å². The van der Waals surface area contributed by atoms with Crippen LogP contribution in [-0.2, 0) is 6.54 Å². The van der Waals surface area contributed by atoms with Crippen molar-refractivity contribution in [2.45, 2.75) is 51.4 Å². The lowest BCUT2D eigenvalue weighted by molar-refractivity contribution is 0.0668. The van der Waals surface area contributed by atoms with Crippen LogP contribution in [0.2, 0.25) is 0 Å². The second-order valence-corrected chi connectivity index (χ2v) is 8.97. The lowest BCUT2D eigenvalue weighted by atomic mass is 10.1. The van der Waals surface area contributed by atoms with Gasteiger partial charge in [0, 0.05) is 25.2 Å². The zero-order chi connectivity index (χ0) is 19.8. The minimum absolute atomic E-state index is 0.256. The summed E-state index contributed by atoms with van der Waals surface area (Å²) in [6.45, 7) is 5.97. The first-order valence-electron chi connectivity index (χ1n) is 9.86. The molecule has 1 aliphatic heterocycles. The van der Waals surface area contributed by atoms with E-state index in [4.69, 9.17) is 9.47 Å². The molecule has 27 heavy (non-hydrogen) atoms. The highest BCUT2D eigenvalue weighted by molar-refractivity contribution is 7.99. The fourth-order valence-corrected chi connectivity index (χ4v) is 4.34. The van der Waals surface area contributed by atoms with Gasteiger partial charge in [-0.1, -0.05) is 6.07 Å². The topological polar surface area (TPSA) is 45.2 Å². The van der Waals surface area contributed by atoms with Crippen molar-refractivity contribution in [2.75, 3.05) is 45.9 Å². The highest BCUT2D eigenvalue weighted by atomic mass is 32.2. The Bertz CT molecular complexity index is 564. The van der Waals surface area contributed by atoms with Crippen molar-refractivity contribution in [3.05, 3.63) is 23.8 Å². The van der Waals surface area contributed by atoms with Gasteiger partial charge < -0.3 is 19.5 Å². The van der Waals surface area contributed by atoms with E-state index in [1.807, 2.05) is 13.1 Å². The summed E-state index contributed by atoms with van der Waals surface area (Å²) in [4.78, 5) is 4.55. The Morgan fingerprint density at radius 1 is 1.19 bits per heavy atom. The molecule has 1 saturated heterocycles. The van der Waals surface area contributed by atoms with Crippen LogP contribution in [0.1, 0.15) is 32.3 Å². The van der Waals surface area contributed by atoms with Gasteiger partial charge in [0.2, 0.25) is 0 Å². The molecule has 154 valence electrons. The van der Waals surface area contributed by atoms with Gasteiger partial charge in [0.05, 0.1) is 7.11 Å². The quantitative estimate of drug-likeness (QED) is 0.656. The zero-order valence-corrected chi connectivity index (χ0v) is 18.3. The van der Waals surface area contributed by atoms with E-state index in [2.05, 4.69) is 54.6 Å². The molecule has 0 radical (unpaired) electrons. The second kappa shape index (κ2) is 11.1. The van der Waals surface area contributed by atoms with E-state index in [9.17, 15) is 5.11 Å². The SMILES string of the molecule is COc1cc(CN(C)C2CCSCC2)ccc1OC[C@@H](O)CN(C)C(C)C. The predicted molar refractivity (Wildman–Crippen MR) is 114 cm³/mol. The molecule has 0 spiro atoms. The summed E-state index contributed by atoms with van der Waals surface area (Å²) >= 11 is 2.06. The molecule has 1 atom stereocenters. The van der Waals surface area contributed by atoms with Crippen LogP contribution in [0.25, 0.3) is 0 Å². The monoisotopic (exact) mass is 396 g/mol. The van der Waals surface area contributed by atoms with Gasteiger partial charge in [-0.15, -0.1) is 0 Å². The summed E-state index contributed by atoms with van der Waals surface area (Å²) in [5.74, 6) is 3.94. The van der Waals surface area contributed by atoms with Crippen LogP contribution in [0.15, 0.2) is 18.2 Å². The van der Waals surface area contributed by atoms with Crippen molar-refractivity contribution in [1.29, 1.82) is 0 Å². The molecule has 0 bridgehead atoms. The highest BCUT2D eigenvalue weighted by Crippen LogP contribution is 2.29. The van der Waals surface area contributed by atoms with Gasteiger partial charge in [-0.2, -0.15) is 11.8 Å². The number of likely N-dealkylation sites (N-methyl/N-ethyl adjacent to an activating group) is 1. The summed E-state index contributed by atoms with van der Waals surface area (Å²) in [6.07, 6.45) is 2.00. The molecule has 1 aromatic rings. The second-order valence-electron chi connectivity index (χ2n) is 7.74. The van der Waals surface area contributed by atoms with Gasteiger partial charge in [-0.25, -0.2) is 0 Å². The Morgan fingerprint density at radius 2 is 1.89 bits per heavy atom. The van der Waals surface area contributed by atoms with E-state index in [0.29, 0.717) is 24.4 Å². The molecular formula is C21H36N2O3S. The number of nitrogens with zero attached hydrogens (tertiary/aromatic N) is 2. The third kappa shape index (κ3) is 7.18. The fourth-order valence-electron chi connectivity index (χ4n) is 3.25. The number of hydrogen-bond acceptors (Lipinski definition) is 6. The molecule has 1 fully saturated rings. The van der Waals surface area contributed by atoms with E-state index < -0.39 is 6.10 Å². The van der Waals surface area contributed by atoms with Crippen LogP contribution in [0.3, 0.4) is 0 Å². The van der Waals surface area contributed by atoms with Gasteiger partial charge >= 0.3 is 0 Å². The van der Waals surface area contributed by atoms with Gasteiger partial charge in [0.1, 0.15) is 12.7 Å². The number of thioether (sulfide) groups is 1. The minimum atomic E-state index is -0.530. The first-order chi connectivity index (χ1) is 12.9. The van der Waals surface area contributed by atoms with Crippen molar-refractivity contribution in [3.8, 4) is 11.5 Å². The first kappa shape index (κ1) is 22.3. The molecule has 1 aromatic carbocycles. The standard InChI is InChI=1S/C21H36N2O3S/c1-16(2)22(3)14-19(24)15-26-20-7-6-17(12-21(20)25-5)13-23(4)18-8-10-27-11-9-18/h6-7,12,16,18-19,24H,8-11,13-15H2,1-5H3/t19-/m0/s1. The number of rotatable bonds is 10. The Balaban J connectivity index is 1.91. The lowest BCUT2D eigenvalue weighted by Crippen LogP contribution is -2.37. The molecule has 0 aromatic heterocycles. The maximum absolute atomic E-state index is 10.2. The van der Waals surface area contributed by atoms with Crippen molar-refractivity contribution < 1.29 is 14.6 Å². The largest absolute Gasteiger partial charge is 0.493 e. The molecule has 6 heteroatoms. The third-order valence-corrected chi connectivity index (χ3v) is 6.33. The molecule has 1 heterocycles. The number of aliphatic hydroxyl groups is 1. The molecule has 1 N–H and O–H groups in total. The van der Waals surface area contributed by atoms with Crippen molar-refractivity contribution >= 4 is 11.8 Å². The van der Waals surface area contributed by atoms with Crippen LogP contribution < -0.4 is 9.47 Å².